The summed E-state index contributed by atoms with van der Waals surface area (Å²) in [7, 11) is 0. The number of pyridine rings is 1. The number of nitrogens with one attached hydrogen (secondary N) is 2. The molecule has 1 amide bonds. The molecular formula is C21H21N5O3. The largest absolute Gasteiger partial charge is 0.363 e. The van der Waals surface area contributed by atoms with Crippen molar-refractivity contribution in [1.82, 2.24) is 19.7 Å². The van der Waals surface area contributed by atoms with Crippen LogP contribution in [0, 0.1) is 6.92 Å². The molecule has 0 saturated carbocycles. The Morgan fingerprint density at radius 1 is 1.31 bits per heavy atom. The summed E-state index contributed by atoms with van der Waals surface area (Å²) in [6, 6.07) is 8.95. The van der Waals surface area contributed by atoms with Gasteiger partial charge in [-0.3, -0.25) is 9.36 Å². The van der Waals surface area contributed by atoms with Crippen LogP contribution in [0.5, 0.6) is 0 Å². The Bertz CT molecular complexity index is 1240. The zero-order valence-corrected chi connectivity index (χ0v) is 16.4. The minimum atomic E-state index is -0.287. The summed E-state index contributed by atoms with van der Waals surface area (Å²) in [4.78, 5) is 32.3. The smallest absolute Gasteiger partial charge is 0.327 e. The molecule has 1 atom stereocenters. The van der Waals surface area contributed by atoms with Crippen molar-refractivity contribution in [2.45, 2.75) is 33.2 Å². The number of H-pyrrole nitrogens is 1. The lowest BCUT2D eigenvalue weighted by Gasteiger charge is -2.11. The van der Waals surface area contributed by atoms with Crippen LogP contribution in [0.15, 0.2) is 52.1 Å². The molecule has 4 aromatic rings. The number of hydrogen-bond acceptors (Lipinski definition) is 5. The van der Waals surface area contributed by atoms with E-state index in [2.05, 4.69) is 20.4 Å². The molecule has 0 bridgehead atoms. The lowest BCUT2D eigenvalue weighted by Crippen LogP contribution is -2.20. The summed E-state index contributed by atoms with van der Waals surface area (Å²) in [5, 5.41) is 6.38. The van der Waals surface area contributed by atoms with Gasteiger partial charge in [-0.15, -0.1) is 0 Å². The minimum absolute atomic E-state index is 0.0555. The third kappa shape index (κ3) is 3.44. The molecule has 0 aliphatic heterocycles. The second-order valence-electron chi connectivity index (χ2n) is 7.02. The third-order valence-corrected chi connectivity index (χ3v) is 5.08. The number of nitrogens with zero attached hydrogens (tertiary/aromatic N) is 3. The average Bonchev–Trinajstić information content (AvgIpc) is 3.33. The number of anilines is 1. The maximum atomic E-state index is 12.5. The summed E-state index contributed by atoms with van der Waals surface area (Å²) in [5.74, 6) is 0.0645. The van der Waals surface area contributed by atoms with Gasteiger partial charge in [-0.05, 0) is 49.6 Å². The molecule has 29 heavy (non-hydrogen) atoms. The highest BCUT2D eigenvalue weighted by Gasteiger charge is 2.15. The molecule has 0 saturated heterocycles. The van der Waals surface area contributed by atoms with Crippen molar-refractivity contribution >= 4 is 22.9 Å². The SMILES string of the molecule is CC[C@@H](C)n1c(=O)[nH]c2cc(-c3cc(C(=O)Nc4ccon4)ccc3C)cnc21. The molecule has 8 nitrogen and oxygen atoms in total. The van der Waals surface area contributed by atoms with Crippen LogP contribution in [0.25, 0.3) is 22.3 Å². The number of amides is 1. The Labute approximate surface area is 166 Å². The molecule has 0 unspecified atom stereocenters. The second kappa shape index (κ2) is 7.38. The first-order valence-electron chi connectivity index (χ1n) is 9.41. The van der Waals surface area contributed by atoms with Gasteiger partial charge in [0.15, 0.2) is 11.5 Å². The van der Waals surface area contributed by atoms with E-state index in [1.807, 2.05) is 32.9 Å². The number of benzene rings is 1. The highest BCUT2D eigenvalue weighted by atomic mass is 16.5. The van der Waals surface area contributed by atoms with Crippen LogP contribution in [0.2, 0.25) is 0 Å². The number of carbonyl (C=O) groups excluding carboxylic acids is 1. The van der Waals surface area contributed by atoms with Crippen molar-refractivity contribution in [3.8, 4) is 11.1 Å². The molecule has 0 aliphatic rings. The molecule has 8 heteroatoms. The zero-order valence-electron chi connectivity index (χ0n) is 16.4. The molecule has 148 valence electrons. The normalized spacial score (nSPS) is 12.2. The van der Waals surface area contributed by atoms with Gasteiger partial charge in [-0.2, -0.15) is 0 Å². The van der Waals surface area contributed by atoms with E-state index >= 15 is 0 Å². The maximum Gasteiger partial charge on any atom is 0.327 e. The van der Waals surface area contributed by atoms with Crippen LogP contribution < -0.4 is 11.0 Å². The van der Waals surface area contributed by atoms with Crippen LogP contribution in [-0.4, -0.2) is 25.6 Å². The Morgan fingerprint density at radius 3 is 2.86 bits per heavy atom. The van der Waals surface area contributed by atoms with E-state index < -0.39 is 0 Å². The van der Waals surface area contributed by atoms with Gasteiger partial charge in [-0.25, -0.2) is 9.78 Å². The molecule has 3 aromatic heterocycles. The number of imidazole rings is 1. The number of aryl methyl sites for hydroxylation is 1. The van der Waals surface area contributed by atoms with Crippen LogP contribution in [0.3, 0.4) is 0 Å². The molecule has 0 fully saturated rings. The van der Waals surface area contributed by atoms with Crippen molar-refractivity contribution < 1.29 is 9.32 Å². The highest BCUT2D eigenvalue weighted by molar-refractivity contribution is 6.04. The fourth-order valence-electron chi connectivity index (χ4n) is 3.29. The van der Waals surface area contributed by atoms with E-state index in [1.165, 1.54) is 6.26 Å². The lowest BCUT2D eigenvalue weighted by molar-refractivity contribution is 0.102. The van der Waals surface area contributed by atoms with Crippen molar-refractivity contribution in [1.29, 1.82) is 0 Å². The molecule has 0 aliphatic carbocycles. The quantitative estimate of drug-likeness (QED) is 0.536. The van der Waals surface area contributed by atoms with E-state index in [1.54, 1.807) is 29.0 Å². The summed E-state index contributed by atoms with van der Waals surface area (Å²) < 4.78 is 6.41. The van der Waals surface area contributed by atoms with Crippen LogP contribution in [-0.2, 0) is 0 Å². The molecule has 1 aromatic carbocycles. The van der Waals surface area contributed by atoms with Crippen LogP contribution in [0.1, 0.15) is 42.2 Å². The number of fused-ring (bicyclic) bond motifs is 1. The fraction of sp³-hybridized carbons (Fsp3) is 0.238. The Morgan fingerprint density at radius 2 is 2.14 bits per heavy atom. The highest BCUT2D eigenvalue weighted by Crippen LogP contribution is 2.27. The number of aromatic nitrogens is 4. The van der Waals surface area contributed by atoms with Gasteiger partial charge in [-0.1, -0.05) is 18.1 Å². The van der Waals surface area contributed by atoms with Gasteiger partial charge in [0.2, 0.25) is 0 Å². The number of rotatable bonds is 5. The lowest BCUT2D eigenvalue weighted by atomic mass is 9.99. The summed E-state index contributed by atoms with van der Waals surface area (Å²) >= 11 is 0. The molecule has 4 rings (SSSR count). The summed E-state index contributed by atoms with van der Waals surface area (Å²) in [6.45, 7) is 5.99. The zero-order chi connectivity index (χ0) is 20.5. The van der Waals surface area contributed by atoms with Crippen molar-refractivity contribution in [2.24, 2.45) is 0 Å². The Kier molecular flexibility index (Phi) is 4.75. The first-order chi connectivity index (χ1) is 14.0. The number of hydrogen-bond donors (Lipinski definition) is 2. The van der Waals surface area contributed by atoms with Crippen molar-refractivity contribution in [2.75, 3.05) is 5.32 Å². The topological polar surface area (TPSA) is 106 Å². The monoisotopic (exact) mass is 391 g/mol. The molecule has 0 radical (unpaired) electrons. The first kappa shape index (κ1) is 18.7. The van der Waals surface area contributed by atoms with Gasteiger partial charge >= 0.3 is 5.69 Å². The van der Waals surface area contributed by atoms with Gasteiger partial charge in [0.05, 0.1) is 5.52 Å². The van der Waals surface area contributed by atoms with Gasteiger partial charge in [0.25, 0.3) is 5.91 Å². The van der Waals surface area contributed by atoms with Gasteiger partial charge in [0, 0.05) is 29.4 Å². The van der Waals surface area contributed by atoms with Gasteiger partial charge < -0.3 is 14.8 Å². The minimum Gasteiger partial charge on any atom is -0.363 e. The summed E-state index contributed by atoms with van der Waals surface area (Å²) in [6.07, 6.45) is 3.96. The summed E-state index contributed by atoms with van der Waals surface area (Å²) in [5.41, 5.74) is 4.30. The molecular weight excluding hydrogens is 370 g/mol. The number of aromatic amines is 1. The van der Waals surface area contributed by atoms with Gasteiger partial charge in [0.1, 0.15) is 6.26 Å². The number of carbonyl (C=O) groups is 1. The Balaban J connectivity index is 1.73. The molecule has 3 heterocycles. The molecule has 0 spiro atoms. The fourth-order valence-corrected chi connectivity index (χ4v) is 3.29. The standard InChI is InChI=1S/C21H21N5O3/c1-4-13(3)26-19-17(23-21(26)28)10-15(11-22-19)16-9-14(6-5-12(16)2)20(27)24-18-7-8-29-25-18/h5-11,13H,4H2,1-3H3,(H,23,28)(H,24,25,27)/t13-/m1/s1. The van der Waals surface area contributed by atoms with E-state index in [-0.39, 0.29) is 17.6 Å². The Hall–Kier alpha value is -3.68. The van der Waals surface area contributed by atoms with E-state index in [0.717, 1.165) is 23.1 Å². The predicted octanol–water partition coefficient (Wildman–Crippen LogP) is 3.91. The third-order valence-electron chi connectivity index (χ3n) is 5.08. The second-order valence-corrected chi connectivity index (χ2v) is 7.02. The van der Waals surface area contributed by atoms with E-state index in [4.69, 9.17) is 4.52 Å². The van der Waals surface area contributed by atoms with E-state index in [9.17, 15) is 9.59 Å². The first-order valence-corrected chi connectivity index (χ1v) is 9.41. The maximum absolute atomic E-state index is 12.5. The molecule has 2 N–H and O–H groups in total. The van der Waals surface area contributed by atoms with Crippen LogP contribution >= 0.6 is 0 Å². The van der Waals surface area contributed by atoms with Crippen molar-refractivity contribution in [3.05, 3.63) is 64.4 Å². The average molecular weight is 391 g/mol. The van der Waals surface area contributed by atoms with Crippen molar-refractivity contribution in [3.63, 3.8) is 0 Å². The van der Waals surface area contributed by atoms with E-state index in [0.29, 0.717) is 22.5 Å². The predicted molar refractivity (Wildman–Crippen MR) is 110 cm³/mol. The van der Waals surface area contributed by atoms with Crippen LogP contribution in [0.4, 0.5) is 5.82 Å².